The molecule has 2 atom stereocenters. The Hall–Kier alpha value is -0.650. The highest BCUT2D eigenvalue weighted by Crippen LogP contribution is 2.10. The third-order valence-corrected chi connectivity index (χ3v) is 1.97. The van der Waals surface area contributed by atoms with Gasteiger partial charge in [0.1, 0.15) is 0 Å². The minimum Gasteiger partial charge on any atom is -0.480 e. The van der Waals surface area contributed by atoms with Crippen LogP contribution in [-0.2, 0) is 9.53 Å². The van der Waals surface area contributed by atoms with E-state index < -0.39 is 12.1 Å². The molecule has 5 nitrogen and oxygen atoms in total. The normalized spacial score (nSPS) is 29.6. The largest absolute Gasteiger partial charge is 0.480 e. The maximum absolute atomic E-state index is 10.3. The minimum absolute atomic E-state index is 0.0644. The number of rotatable bonds is 3. The lowest BCUT2D eigenvalue weighted by Crippen LogP contribution is -2.42. The molecule has 1 heterocycles. The van der Waals surface area contributed by atoms with Crippen LogP contribution in [0.2, 0.25) is 0 Å². The third kappa shape index (κ3) is 2.17. The fraction of sp³-hybridized carbons (Fsp3) is 0.857. The molecule has 1 rings (SSSR count). The molecular formula is C7H13NO4. The Balaban J connectivity index is 2.40. The van der Waals surface area contributed by atoms with Gasteiger partial charge in [-0.2, -0.15) is 0 Å². The first-order valence-electron chi connectivity index (χ1n) is 3.79. The van der Waals surface area contributed by atoms with Crippen LogP contribution >= 0.6 is 0 Å². The van der Waals surface area contributed by atoms with E-state index in [1.54, 1.807) is 11.9 Å². The van der Waals surface area contributed by atoms with Crippen LogP contribution in [0.1, 0.15) is 0 Å². The van der Waals surface area contributed by atoms with E-state index in [1.165, 1.54) is 0 Å². The number of aliphatic hydroxyl groups excluding tert-OH is 1. The molecule has 1 aliphatic rings. The molecule has 0 radical (unpaired) electrons. The molecule has 1 fully saturated rings. The molecule has 0 aromatic heterocycles. The molecular weight excluding hydrogens is 162 g/mol. The van der Waals surface area contributed by atoms with Crippen molar-refractivity contribution < 1.29 is 19.7 Å². The Labute approximate surface area is 70.5 Å². The first-order chi connectivity index (χ1) is 5.61. The van der Waals surface area contributed by atoms with Crippen molar-refractivity contribution in [1.82, 2.24) is 4.90 Å². The number of hydrogen-bond acceptors (Lipinski definition) is 4. The van der Waals surface area contributed by atoms with Gasteiger partial charge in [-0.15, -0.1) is 0 Å². The molecule has 12 heavy (non-hydrogen) atoms. The zero-order valence-electron chi connectivity index (χ0n) is 6.93. The lowest BCUT2D eigenvalue weighted by molar-refractivity contribution is -0.138. The molecule has 0 saturated carbocycles. The summed E-state index contributed by atoms with van der Waals surface area (Å²) in [6.45, 7) is 0.644. The smallest absolute Gasteiger partial charge is 0.317 e. The van der Waals surface area contributed by atoms with Crippen LogP contribution < -0.4 is 0 Å². The second-order valence-corrected chi connectivity index (χ2v) is 2.98. The molecule has 1 aliphatic heterocycles. The molecule has 0 bridgehead atoms. The second kappa shape index (κ2) is 3.84. The Bertz CT molecular complexity index is 173. The Morgan fingerprint density at radius 1 is 1.67 bits per heavy atom. The molecule has 2 unspecified atom stereocenters. The number of likely N-dealkylation sites (N-methyl/N-ethyl adjacent to an activating group) is 1. The van der Waals surface area contributed by atoms with Gasteiger partial charge in [-0.1, -0.05) is 0 Å². The van der Waals surface area contributed by atoms with Crippen molar-refractivity contribution >= 4 is 5.97 Å². The maximum Gasteiger partial charge on any atom is 0.317 e. The number of carboxylic acids is 1. The third-order valence-electron chi connectivity index (χ3n) is 1.97. The number of carbonyl (C=O) groups is 1. The minimum atomic E-state index is -0.892. The van der Waals surface area contributed by atoms with Crippen LogP contribution in [0.15, 0.2) is 0 Å². The average Bonchev–Trinajstić information content (AvgIpc) is 2.33. The maximum atomic E-state index is 10.3. The number of ether oxygens (including phenoxy) is 1. The fourth-order valence-corrected chi connectivity index (χ4v) is 1.28. The van der Waals surface area contributed by atoms with Gasteiger partial charge in [-0.05, 0) is 7.05 Å². The molecule has 0 spiro atoms. The zero-order chi connectivity index (χ0) is 9.14. The zero-order valence-corrected chi connectivity index (χ0v) is 6.93. The summed E-state index contributed by atoms with van der Waals surface area (Å²) in [6, 6.07) is -0.180. The van der Waals surface area contributed by atoms with Crippen LogP contribution in [0.25, 0.3) is 0 Å². The number of carboxylic acid groups (broad SMARTS) is 1. The number of hydrogen-bond donors (Lipinski definition) is 2. The van der Waals surface area contributed by atoms with E-state index in [0.29, 0.717) is 13.2 Å². The van der Waals surface area contributed by atoms with Crippen LogP contribution in [0.3, 0.4) is 0 Å². The Morgan fingerprint density at radius 2 is 2.33 bits per heavy atom. The van der Waals surface area contributed by atoms with Gasteiger partial charge in [-0.3, -0.25) is 9.69 Å². The number of nitrogens with zero attached hydrogens (tertiary/aromatic N) is 1. The topological polar surface area (TPSA) is 70.0 Å². The standard InChI is InChI=1S/C7H13NO4/c1-8(2-7(10)11)5-3-12-4-6(5)9/h5-6,9H,2-4H2,1H3,(H,10,11). The Kier molecular flexibility index (Phi) is 3.02. The van der Waals surface area contributed by atoms with Crippen molar-refractivity contribution in [1.29, 1.82) is 0 Å². The number of aliphatic hydroxyl groups is 1. The summed E-state index contributed by atoms with van der Waals surface area (Å²) in [6.07, 6.45) is -0.561. The van der Waals surface area contributed by atoms with Crippen LogP contribution in [0.5, 0.6) is 0 Å². The molecule has 0 aromatic carbocycles. The molecule has 0 aliphatic carbocycles. The highest BCUT2D eigenvalue weighted by atomic mass is 16.5. The van der Waals surface area contributed by atoms with Crippen molar-refractivity contribution in [3.05, 3.63) is 0 Å². The van der Waals surface area contributed by atoms with E-state index in [0.717, 1.165) is 0 Å². The molecule has 2 N–H and O–H groups in total. The molecule has 5 heteroatoms. The van der Waals surface area contributed by atoms with Gasteiger partial charge >= 0.3 is 5.97 Å². The molecule has 70 valence electrons. The van der Waals surface area contributed by atoms with Crippen molar-refractivity contribution in [3.8, 4) is 0 Å². The van der Waals surface area contributed by atoms with Crippen LogP contribution in [0.4, 0.5) is 0 Å². The van der Waals surface area contributed by atoms with E-state index in [1.807, 2.05) is 0 Å². The first-order valence-corrected chi connectivity index (χ1v) is 3.79. The lowest BCUT2D eigenvalue weighted by atomic mass is 10.2. The summed E-state index contributed by atoms with van der Waals surface area (Å²) in [7, 11) is 1.66. The summed E-state index contributed by atoms with van der Waals surface area (Å²) in [5.74, 6) is -0.892. The monoisotopic (exact) mass is 175 g/mol. The quantitative estimate of drug-likeness (QED) is 0.561. The average molecular weight is 175 g/mol. The van der Waals surface area contributed by atoms with Gasteiger partial charge in [0.15, 0.2) is 0 Å². The van der Waals surface area contributed by atoms with E-state index in [4.69, 9.17) is 9.84 Å². The highest BCUT2D eigenvalue weighted by Gasteiger charge is 2.30. The Morgan fingerprint density at radius 3 is 2.75 bits per heavy atom. The van der Waals surface area contributed by atoms with Gasteiger partial charge < -0.3 is 14.9 Å². The summed E-state index contributed by atoms with van der Waals surface area (Å²) in [4.78, 5) is 11.9. The van der Waals surface area contributed by atoms with E-state index >= 15 is 0 Å². The van der Waals surface area contributed by atoms with Crippen molar-refractivity contribution in [2.75, 3.05) is 26.8 Å². The summed E-state index contributed by atoms with van der Waals surface area (Å²) in [5, 5.41) is 17.8. The van der Waals surface area contributed by atoms with Crippen molar-refractivity contribution in [2.24, 2.45) is 0 Å². The van der Waals surface area contributed by atoms with Gasteiger partial charge in [0.2, 0.25) is 0 Å². The van der Waals surface area contributed by atoms with Gasteiger partial charge in [-0.25, -0.2) is 0 Å². The summed E-state index contributed by atoms with van der Waals surface area (Å²) < 4.78 is 4.99. The van der Waals surface area contributed by atoms with E-state index in [2.05, 4.69) is 0 Å². The van der Waals surface area contributed by atoms with Crippen LogP contribution in [0, 0.1) is 0 Å². The van der Waals surface area contributed by atoms with Gasteiger partial charge in [0.05, 0.1) is 31.9 Å². The summed E-state index contributed by atoms with van der Waals surface area (Å²) >= 11 is 0. The van der Waals surface area contributed by atoms with Gasteiger partial charge in [0, 0.05) is 0 Å². The van der Waals surface area contributed by atoms with Gasteiger partial charge in [0.25, 0.3) is 0 Å². The van der Waals surface area contributed by atoms with Crippen LogP contribution in [-0.4, -0.2) is 60.0 Å². The second-order valence-electron chi connectivity index (χ2n) is 2.98. The highest BCUT2D eigenvalue weighted by molar-refractivity contribution is 5.69. The summed E-state index contributed by atoms with van der Waals surface area (Å²) in [5.41, 5.74) is 0. The van der Waals surface area contributed by atoms with Crippen molar-refractivity contribution in [3.63, 3.8) is 0 Å². The van der Waals surface area contributed by atoms with Crippen molar-refractivity contribution in [2.45, 2.75) is 12.1 Å². The lowest BCUT2D eigenvalue weighted by Gasteiger charge is -2.23. The van der Waals surface area contributed by atoms with E-state index in [-0.39, 0.29) is 12.6 Å². The number of aliphatic carboxylic acids is 1. The molecule has 0 aromatic rings. The predicted molar refractivity (Wildman–Crippen MR) is 40.9 cm³/mol. The first kappa shape index (κ1) is 9.44. The molecule has 1 saturated heterocycles. The SMILES string of the molecule is CN(CC(=O)O)C1COCC1O. The fourth-order valence-electron chi connectivity index (χ4n) is 1.28. The molecule has 0 amide bonds. The predicted octanol–water partition coefficient (Wildman–Crippen LogP) is -1.24. The van der Waals surface area contributed by atoms with E-state index in [9.17, 15) is 9.90 Å².